The quantitative estimate of drug-likeness (QED) is 0.745. The number of H-pyrrole nitrogens is 1. The van der Waals surface area contributed by atoms with Gasteiger partial charge in [0.25, 0.3) is 0 Å². The van der Waals surface area contributed by atoms with Crippen LogP contribution in [0.25, 0.3) is 0 Å². The Morgan fingerprint density at radius 3 is 2.07 bits per heavy atom. The molecule has 14 heavy (non-hydrogen) atoms. The van der Waals surface area contributed by atoms with Crippen LogP contribution in [-0.2, 0) is 0 Å². The van der Waals surface area contributed by atoms with E-state index in [1.165, 1.54) is 5.69 Å². The molecule has 0 atom stereocenters. The number of aromatic amines is 1. The third kappa shape index (κ3) is 3.76. The first kappa shape index (κ1) is 10.3. The largest absolute Gasteiger partial charge is 0.376 e. The minimum atomic E-state index is 1.21. The predicted octanol–water partition coefficient (Wildman–Crippen LogP) is 2.16. The van der Waals surface area contributed by atoms with Crippen LogP contribution < -0.4 is 4.90 Å². The van der Waals surface area contributed by atoms with Gasteiger partial charge in [0.05, 0.1) is 5.69 Å². The van der Waals surface area contributed by atoms with Crippen LogP contribution in [0, 0.1) is 0 Å². The summed E-state index contributed by atoms with van der Waals surface area (Å²) in [7, 11) is 4.03. The van der Waals surface area contributed by atoms with Crippen molar-refractivity contribution < 1.29 is 0 Å². The van der Waals surface area contributed by atoms with Gasteiger partial charge in [0.2, 0.25) is 0 Å². The molecule has 0 spiro atoms. The van der Waals surface area contributed by atoms with Crippen molar-refractivity contribution in [3.63, 3.8) is 0 Å². The molecule has 1 N–H and O–H groups in total. The smallest absolute Gasteiger partial charge is 0.0538 e. The summed E-state index contributed by atoms with van der Waals surface area (Å²) in [6.07, 6.45) is 7.37. The second kappa shape index (κ2) is 5.80. The summed E-state index contributed by atoms with van der Waals surface area (Å²) in [6.45, 7) is 0. The molecule has 2 rings (SSSR count). The van der Waals surface area contributed by atoms with E-state index in [9.17, 15) is 0 Å². The molecule has 0 aliphatic carbocycles. The molecule has 0 aromatic carbocycles. The van der Waals surface area contributed by atoms with Crippen molar-refractivity contribution in [2.75, 3.05) is 19.0 Å². The van der Waals surface area contributed by atoms with Crippen molar-refractivity contribution in [1.29, 1.82) is 0 Å². The van der Waals surface area contributed by atoms with Crippen molar-refractivity contribution in [3.8, 4) is 0 Å². The van der Waals surface area contributed by atoms with Crippen LogP contribution in [0.4, 0.5) is 5.69 Å². The fourth-order valence-electron chi connectivity index (χ4n) is 0.906. The Hall–Kier alpha value is -1.77. The van der Waals surface area contributed by atoms with Crippen molar-refractivity contribution >= 4 is 5.69 Å². The first-order chi connectivity index (χ1) is 6.80. The zero-order valence-corrected chi connectivity index (χ0v) is 8.51. The van der Waals surface area contributed by atoms with Crippen molar-refractivity contribution in [2.24, 2.45) is 0 Å². The lowest BCUT2D eigenvalue weighted by atomic mass is 10.5. The Bertz CT molecular complexity index is 287. The SMILES string of the molecule is CN(C)c1cc[nH]c1.c1ccncc1. The zero-order valence-electron chi connectivity index (χ0n) is 8.51. The van der Waals surface area contributed by atoms with Crippen LogP contribution in [0.1, 0.15) is 0 Å². The minimum absolute atomic E-state index is 1.21. The standard InChI is InChI=1S/C6H10N2.C5H5N/c1-8(2)6-3-4-7-5-6;1-2-4-6-5-3-1/h3-5,7H,1-2H3;1-5H. The number of aromatic nitrogens is 2. The summed E-state index contributed by atoms with van der Waals surface area (Å²) in [6, 6.07) is 7.74. The topological polar surface area (TPSA) is 31.9 Å². The van der Waals surface area contributed by atoms with Gasteiger partial charge in [-0.3, -0.25) is 4.98 Å². The molecule has 0 saturated heterocycles. The van der Waals surface area contributed by atoms with Gasteiger partial charge < -0.3 is 9.88 Å². The van der Waals surface area contributed by atoms with E-state index in [1.807, 2.05) is 50.8 Å². The first-order valence-corrected chi connectivity index (χ1v) is 4.46. The Labute approximate surface area is 84.4 Å². The highest BCUT2D eigenvalue weighted by Crippen LogP contribution is 2.05. The molecule has 0 aliphatic heterocycles. The van der Waals surface area contributed by atoms with E-state index >= 15 is 0 Å². The summed E-state index contributed by atoms with van der Waals surface area (Å²) in [4.78, 5) is 8.81. The number of hydrogen-bond donors (Lipinski definition) is 1. The van der Waals surface area contributed by atoms with Gasteiger partial charge >= 0.3 is 0 Å². The molecule has 3 nitrogen and oxygen atoms in total. The van der Waals surface area contributed by atoms with E-state index < -0.39 is 0 Å². The number of anilines is 1. The highest BCUT2D eigenvalue weighted by atomic mass is 15.1. The molecule has 0 radical (unpaired) electrons. The van der Waals surface area contributed by atoms with Gasteiger partial charge in [0, 0.05) is 38.9 Å². The molecule has 0 saturated carbocycles. The van der Waals surface area contributed by atoms with Gasteiger partial charge in [-0.05, 0) is 18.2 Å². The van der Waals surface area contributed by atoms with Gasteiger partial charge in [-0.1, -0.05) is 6.07 Å². The molecule has 0 fully saturated rings. The molecule has 2 aromatic heterocycles. The molecule has 0 bridgehead atoms. The second-order valence-corrected chi connectivity index (χ2v) is 2.99. The Morgan fingerprint density at radius 1 is 1.14 bits per heavy atom. The number of nitrogens with zero attached hydrogens (tertiary/aromatic N) is 2. The maximum Gasteiger partial charge on any atom is 0.0538 e. The van der Waals surface area contributed by atoms with Gasteiger partial charge in [-0.15, -0.1) is 0 Å². The second-order valence-electron chi connectivity index (χ2n) is 2.99. The fourth-order valence-corrected chi connectivity index (χ4v) is 0.906. The lowest BCUT2D eigenvalue weighted by Crippen LogP contribution is -2.06. The molecule has 0 aliphatic rings. The van der Waals surface area contributed by atoms with Gasteiger partial charge in [-0.2, -0.15) is 0 Å². The van der Waals surface area contributed by atoms with Crippen molar-refractivity contribution in [3.05, 3.63) is 49.1 Å². The van der Waals surface area contributed by atoms with E-state index in [0.29, 0.717) is 0 Å². The third-order valence-electron chi connectivity index (χ3n) is 1.66. The van der Waals surface area contributed by atoms with Crippen LogP contribution in [0.2, 0.25) is 0 Å². The van der Waals surface area contributed by atoms with Gasteiger partial charge in [0.15, 0.2) is 0 Å². The molecular formula is C11H15N3. The van der Waals surface area contributed by atoms with E-state index in [0.717, 1.165) is 0 Å². The molecule has 3 heteroatoms. The highest BCUT2D eigenvalue weighted by molar-refractivity contribution is 5.41. The summed E-state index contributed by atoms with van der Waals surface area (Å²) in [5.41, 5.74) is 1.21. The van der Waals surface area contributed by atoms with Gasteiger partial charge in [-0.25, -0.2) is 0 Å². The molecule has 0 unspecified atom stereocenters. The molecule has 2 heterocycles. The van der Waals surface area contributed by atoms with E-state index in [1.54, 1.807) is 12.4 Å². The highest BCUT2D eigenvalue weighted by Gasteiger charge is 1.89. The summed E-state index contributed by atoms with van der Waals surface area (Å²) in [5.74, 6) is 0. The predicted molar refractivity (Wildman–Crippen MR) is 59.4 cm³/mol. The number of pyridine rings is 1. The summed E-state index contributed by atoms with van der Waals surface area (Å²) >= 11 is 0. The van der Waals surface area contributed by atoms with Crippen LogP contribution in [-0.4, -0.2) is 24.1 Å². The Kier molecular flexibility index (Phi) is 4.27. The molecule has 74 valence electrons. The average molecular weight is 189 g/mol. The molecule has 2 aromatic rings. The van der Waals surface area contributed by atoms with Crippen LogP contribution in [0.5, 0.6) is 0 Å². The zero-order chi connectivity index (χ0) is 10.2. The van der Waals surface area contributed by atoms with Crippen LogP contribution >= 0.6 is 0 Å². The van der Waals surface area contributed by atoms with Crippen LogP contribution in [0.3, 0.4) is 0 Å². The van der Waals surface area contributed by atoms with Crippen LogP contribution in [0.15, 0.2) is 49.1 Å². The summed E-state index contributed by atoms with van der Waals surface area (Å²) < 4.78 is 0. The number of rotatable bonds is 1. The minimum Gasteiger partial charge on any atom is -0.376 e. The maximum atomic E-state index is 3.78. The average Bonchev–Trinajstić information content (AvgIpc) is 2.74. The van der Waals surface area contributed by atoms with E-state index in [4.69, 9.17) is 0 Å². The lowest BCUT2D eigenvalue weighted by Gasteiger charge is -2.06. The van der Waals surface area contributed by atoms with Crippen molar-refractivity contribution in [1.82, 2.24) is 9.97 Å². The number of hydrogen-bond acceptors (Lipinski definition) is 2. The van der Waals surface area contributed by atoms with E-state index in [2.05, 4.69) is 14.9 Å². The summed E-state index contributed by atoms with van der Waals surface area (Å²) in [5, 5.41) is 0. The van der Waals surface area contributed by atoms with Gasteiger partial charge in [0.1, 0.15) is 0 Å². The lowest BCUT2D eigenvalue weighted by molar-refractivity contribution is 1.13. The first-order valence-electron chi connectivity index (χ1n) is 4.46. The third-order valence-corrected chi connectivity index (χ3v) is 1.66. The monoisotopic (exact) mass is 189 g/mol. The Balaban J connectivity index is 0.000000146. The van der Waals surface area contributed by atoms with Crippen molar-refractivity contribution in [2.45, 2.75) is 0 Å². The Morgan fingerprint density at radius 2 is 1.86 bits per heavy atom. The van der Waals surface area contributed by atoms with E-state index in [-0.39, 0.29) is 0 Å². The molecular weight excluding hydrogens is 174 g/mol. The maximum absolute atomic E-state index is 3.78. The normalized spacial score (nSPS) is 8.71. The molecule has 0 amide bonds. The number of nitrogens with one attached hydrogen (secondary N) is 1. The fraction of sp³-hybridized carbons (Fsp3) is 0.182.